The molecule has 0 fully saturated rings. The number of nitrogens with zero attached hydrogens (tertiary/aromatic N) is 1. The predicted molar refractivity (Wildman–Crippen MR) is 102 cm³/mol. The lowest BCUT2D eigenvalue weighted by molar-refractivity contribution is -0.137. The summed E-state index contributed by atoms with van der Waals surface area (Å²) >= 11 is 0. The van der Waals surface area contributed by atoms with Gasteiger partial charge in [0.15, 0.2) is 0 Å². The van der Waals surface area contributed by atoms with E-state index in [1.807, 2.05) is 0 Å². The molecule has 1 atom stereocenters. The lowest BCUT2D eigenvalue weighted by Crippen LogP contribution is -2.31. The molecule has 3 rings (SSSR count). The molecule has 1 amide bonds. The summed E-state index contributed by atoms with van der Waals surface area (Å²) in [6.45, 7) is 0. The molecule has 1 unspecified atom stereocenters. The van der Waals surface area contributed by atoms with Crippen molar-refractivity contribution in [3.05, 3.63) is 81.8 Å². The van der Waals surface area contributed by atoms with E-state index in [9.17, 15) is 23.2 Å². The normalized spacial score (nSPS) is 11.7. The minimum atomic E-state index is -1.26. The van der Waals surface area contributed by atoms with Crippen LogP contribution in [0, 0.1) is 11.6 Å². The minimum absolute atomic E-state index is 0.0492. The Hall–Kier alpha value is -3.95. The number of nitrogens with one attached hydrogen (secondary N) is 2. The third kappa shape index (κ3) is 4.54. The maximum absolute atomic E-state index is 14.4. The number of rotatable bonds is 7. The quantitative estimate of drug-likeness (QED) is 0.546. The van der Waals surface area contributed by atoms with Gasteiger partial charge >= 0.3 is 5.97 Å². The molecule has 1 aromatic heterocycles. The van der Waals surface area contributed by atoms with Crippen molar-refractivity contribution >= 4 is 11.9 Å². The molecule has 0 bridgehead atoms. The Morgan fingerprint density at radius 1 is 1.17 bits per heavy atom. The van der Waals surface area contributed by atoms with Gasteiger partial charge in [-0.15, -0.1) is 0 Å². The number of hydrogen-bond donors (Lipinski definition) is 3. The van der Waals surface area contributed by atoms with Crippen LogP contribution in [0.3, 0.4) is 0 Å². The van der Waals surface area contributed by atoms with Crippen LogP contribution in [0.2, 0.25) is 0 Å². The standard InChI is InChI=1S/C20H17F2N3O5/c1-30-13-6-7-14(15(22)8-13)16(10-19(27)28)23-20(29)17-9-18(26)25(24-17)12-4-2-11(21)3-5-12/h2-9,16,24H,10H2,1H3,(H,23,29)(H,27,28). The number of halogens is 2. The van der Waals surface area contributed by atoms with Gasteiger partial charge in [-0.05, 0) is 30.3 Å². The van der Waals surface area contributed by atoms with Crippen molar-refractivity contribution in [2.45, 2.75) is 12.5 Å². The third-order valence-electron chi connectivity index (χ3n) is 4.32. The minimum Gasteiger partial charge on any atom is -0.497 e. The van der Waals surface area contributed by atoms with E-state index in [4.69, 9.17) is 9.84 Å². The Labute approximate surface area is 168 Å². The van der Waals surface area contributed by atoms with Gasteiger partial charge in [0.2, 0.25) is 0 Å². The molecule has 0 aliphatic rings. The summed E-state index contributed by atoms with van der Waals surface area (Å²) in [4.78, 5) is 36.0. The van der Waals surface area contributed by atoms with E-state index in [0.29, 0.717) is 5.69 Å². The number of carbonyl (C=O) groups excluding carboxylic acids is 1. The Bertz CT molecular complexity index is 1140. The molecular weight excluding hydrogens is 400 g/mol. The molecule has 8 nitrogen and oxygen atoms in total. The fourth-order valence-electron chi connectivity index (χ4n) is 2.86. The van der Waals surface area contributed by atoms with Crippen LogP contribution in [-0.4, -0.2) is 33.9 Å². The van der Waals surface area contributed by atoms with Crippen molar-refractivity contribution in [3.8, 4) is 11.4 Å². The highest BCUT2D eigenvalue weighted by Gasteiger charge is 2.23. The first-order valence-electron chi connectivity index (χ1n) is 8.72. The van der Waals surface area contributed by atoms with Gasteiger partial charge < -0.3 is 15.2 Å². The van der Waals surface area contributed by atoms with E-state index in [-0.39, 0.29) is 17.0 Å². The Morgan fingerprint density at radius 2 is 1.87 bits per heavy atom. The molecule has 0 saturated carbocycles. The van der Waals surface area contributed by atoms with Crippen LogP contribution < -0.4 is 15.6 Å². The average Bonchev–Trinajstić information content (AvgIpc) is 3.09. The molecule has 0 spiro atoms. The van der Waals surface area contributed by atoms with E-state index < -0.39 is 41.5 Å². The van der Waals surface area contributed by atoms with Crippen molar-refractivity contribution in [2.75, 3.05) is 7.11 Å². The topological polar surface area (TPSA) is 113 Å². The Morgan fingerprint density at radius 3 is 2.47 bits per heavy atom. The number of carbonyl (C=O) groups is 2. The zero-order chi connectivity index (χ0) is 21.8. The number of ether oxygens (including phenoxy) is 1. The number of aliphatic carboxylic acids is 1. The third-order valence-corrected chi connectivity index (χ3v) is 4.32. The molecule has 0 aliphatic carbocycles. The van der Waals surface area contributed by atoms with Crippen molar-refractivity contribution < 1.29 is 28.2 Å². The van der Waals surface area contributed by atoms with Crippen LogP contribution in [0.15, 0.2) is 53.3 Å². The maximum Gasteiger partial charge on any atom is 0.305 e. The van der Waals surface area contributed by atoms with Gasteiger partial charge in [-0.3, -0.25) is 19.5 Å². The van der Waals surface area contributed by atoms with Crippen LogP contribution in [0.5, 0.6) is 5.75 Å². The summed E-state index contributed by atoms with van der Waals surface area (Å²) in [5.74, 6) is -3.08. The molecule has 3 N–H and O–H groups in total. The number of aromatic amines is 1. The first-order chi connectivity index (χ1) is 14.3. The number of carboxylic acid groups (broad SMARTS) is 1. The Balaban J connectivity index is 1.88. The molecule has 156 valence electrons. The van der Waals surface area contributed by atoms with E-state index in [1.54, 1.807) is 0 Å². The fraction of sp³-hybridized carbons (Fsp3) is 0.150. The van der Waals surface area contributed by atoms with Crippen LogP contribution in [0.4, 0.5) is 8.78 Å². The summed E-state index contributed by atoms with van der Waals surface area (Å²) in [6.07, 6.45) is -0.585. The summed E-state index contributed by atoms with van der Waals surface area (Å²) < 4.78 is 33.4. The number of hydrogen-bond acceptors (Lipinski definition) is 4. The molecule has 0 saturated heterocycles. The molecule has 0 radical (unpaired) electrons. The molecule has 2 aromatic carbocycles. The first-order valence-corrected chi connectivity index (χ1v) is 8.72. The molecule has 30 heavy (non-hydrogen) atoms. The highest BCUT2D eigenvalue weighted by Crippen LogP contribution is 2.24. The number of carboxylic acids is 1. The zero-order valence-electron chi connectivity index (χ0n) is 15.7. The largest absolute Gasteiger partial charge is 0.497 e. The molecule has 0 aliphatic heterocycles. The molecular formula is C20H17F2N3O5. The number of benzene rings is 2. The number of amides is 1. The SMILES string of the molecule is COc1ccc(C(CC(=O)O)NC(=O)c2cc(=O)n(-c3ccc(F)cc3)[nH]2)c(F)c1. The smallest absolute Gasteiger partial charge is 0.305 e. The first kappa shape index (κ1) is 20.8. The summed E-state index contributed by atoms with van der Waals surface area (Å²) in [5, 5.41) is 14.1. The summed E-state index contributed by atoms with van der Waals surface area (Å²) in [6, 6.07) is 8.61. The number of H-pyrrole nitrogens is 1. The van der Waals surface area contributed by atoms with Crippen LogP contribution >= 0.6 is 0 Å². The van der Waals surface area contributed by atoms with E-state index in [2.05, 4.69) is 10.4 Å². The second-order valence-corrected chi connectivity index (χ2v) is 6.33. The van der Waals surface area contributed by atoms with Crippen molar-refractivity contribution in [1.82, 2.24) is 15.1 Å². The van der Waals surface area contributed by atoms with Crippen molar-refractivity contribution in [3.63, 3.8) is 0 Å². The van der Waals surface area contributed by atoms with Crippen LogP contribution in [0.25, 0.3) is 5.69 Å². The van der Waals surface area contributed by atoms with Gasteiger partial charge in [0.25, 0.3) is 11.5 Å². The van der Waals surface area contributed by atoms with Gasteiger partial charge in [-0.2, -0.15) is 0 Å². The van der Waals surface area contributed by atoms with Crippen molar-refractivity contribution in [1.29, 1.82) is 0 Å². The van der Waals surface area contributed by atoms with E-state index in [0.717, 1.165) is 28.9 Å². The second-order valence-electron chi connectivity index (χ2n) is 6.33. The maximum atomic E-state index is 14.4. The monoisotopic (exact) mass is 417 g/mol. The van der Waals surface area contributed by atoms with Gasteiger partial charge in [0.05, 0.1) is 25.3 Å². The molecule has 3 aromatic rings. The number of methoxy groups -OCH3 is 1. The van der Waals surface area contributed by atoms with E-state index >= 15 is 0 Å². The predicted octanol–water partition coefficient (Wildman–Crippen LogP) is 2.40. The molecule has 1 heterocycles. The Kier molecular flexibility index (Phi) is 5.95. The lowest BCUT2D eigenvalue weighted by Gasteiger charge is -2.18. The number of aromatic nitrogens is 2. The van der Waals surface area contributed by atoms with Crippen molar-refractivity contribution in [2.24, 2.45) is 0 Å². The van der Waals surface area contributed by atoms with E-state index in [1.165, 1.54) is 31.4 Å². The van der Waals surface area contributed by atoms with Crippen LogP contribution in [-0.2, 0) is 4.79 Å². The van der Waals surface area contributed by atoms with Gasteiger partial charge in [0.1, 0.15) is 23.1 Å². The van der Waals surface area contributed by atoms with Gasteiger partial charge in [-0.25, -0.2) is 13.5 Å². The average molecular weight is 417 g/mol. The highest BCUT2D eigenvalue weighted by atomic mass is 19.1. The second kappa shape index (κ2) is 8.60. The van der Waals surface area contributed by atoms with Gasteiger partial charge in [0, 0.05) is 17.7 Å². The fourth-order valence-corrected chi connectivity index (χ4v) is 2.86. The summed E-state index contributed by atoms with van der Waals surface area (Å²) in [5.41, 5.74) is -0.513. The summed E-state index contributed by atoms with van der Waals surface area (Å²) in [7, 11) is 1.35. The lowest BCUT2D eigenvalue weighted by atomic mass is 10.0. The van der Waals surface area contributed by atoms with Crippen LogP contribution in [0.1, 0.15) is 28.5 Å². The zero-order valence-corrected chi connectivity index (χ0v) is 15.7. The molecule has 10 heteroatoms. The van der Waals surface area contributed by atoms with Gasteiger partial charge in [-0.1, -0.05) is 6.07 Å². The highest BCUT2D eigenvalue weighted by molar-refractivity contribution is 5.92.